The molecule has 0 bridgehead atoms. The van der Waals surface area contributed by atoms with E-state index in [2.05, 4.69) is 4.98 Å². The first-order chi connectivity index (χ1) is 9.97. The summed E-state index contributed by atoms with van der Waals surface area (Å²) in [5.74, 6) is -0.948. The molecule has 0 spiro atoms. The van der Waals surface area contributed by atoms with E-state index in [0.29, 0.717) is 6.54 Å². The normalized spacial score (nSPS) is 10.3. The van der Waals surface area contributed by atoms with Crippen molar-refractivity contribution < 1.29 is 9.18 Å². The molecule has 0 N–H and O–H groups in total. The molecule has 0 saturated heterocycles. The fourth-order valence-corrected chi connectivity index (χ4v) is 1.97. The number of hydrogen-bond donors (Lipinski definition) is 0. The van der Waals surface area contributed by atoms with Gasteiger partial charge in [0.2, 0.25) is 5.95 Å². The highest BCUT2D eigenvalue weighted by atomic mass is 19.1. The zero-order valence-electron chi connectivity index (χ0n) is 12.4. The molecule has 0 saturated carbocycles. The summed E-state index contributed by atoms with van der Waals surface area (Å²) in [6, 6.07) is 12.1. The first-order valence-corrected chi connectivity index (χ1v) is 6.61. The predicted molar refractivity (Wildman–Crippen MR) is 80.8 cm³/mol. The molecule has 0 aliphatic carbocycles. The van der Waals surface area contributed by atoms with Gasteiger partial charge in [-0.05, 0) is 29.8 Å². The molecule has 4 nitrogen and oxygen atoms in total. The molecule has 1 amide bonds. The summed E-state index contributed by atoms with van der Waals surface area (Å²) < 4.78 is 13.1. The maximum atomic E-state index is 13.1. The molecule has 21 heavy (non-hydrogen) atoms. The van der Waals surface area contributed by atoms with Gasteiger partial charge >= 0.3 is 0 Å². The largest absolute Gasteiger partial charge is 0.378 e. The van der Waals surface area contributed by atoms with Crippen molar-refractivity contribution in [2.45, 2.75) is 6.54 Å². The van der Waals surface area contributed by atoms with Crippen LogP contribution in [0, 0.1) is 5.95 Å². The molecule has 0 aliphatic rings. The lowest BCUT2D eigenvalue weighted by atomic mass is 10.2. The topological polar surface area (TPSA) is 36.4 Å². The highest BCUT2D eigenvalue weighted by Crippen LogP contribution is 2.14. The molecule has 2 aromatic rings. The number of carbonyl (C=O) groups excluding carboxylic acids is 1. The van der Waals surface area contributed by atoms with Gasteiger partial charge in [0.05, 0.1) is 0 Å². The fourth-order valence-electron chi connectivity index (χ4n) is 1.97. The highest BCUT2D eigenvalue weighted by Gasteiger charge is 2.14. The lowest BCUT2D eigenvalue weighted by molar-refractivity contribution is 0.0778. The van der Waals surface area contributed by atoms with Crippen LogP contribution in [0.2, 0.25) is 0 Å². The van der Waals surface area contributed by atoms with Gasteiger partial charge in [-0.2, -0.15) is 4.39 Å². The second-order valence-electron chi connectivity index (χ2n) is 5.07. The molecule has 2 rings (SSSR count). The maximum Gasteiger partial charge on any atom is 0.272 e. The summed E-state index contributed by atoms with van der Waals surface area (Å²) in [5.41, 5.74) is 2.22. The first kappa shape index (κ1) is 15.0. The van der Waals surface area contributed by atoms with Crippen molar-refractivity contribution in [3.8, 4) is 0 Å². The lowest BCUT2D eigenvalue weighted by Crippen LogP contribution is -2.27. The zero-order valence-corrected chi connectivity index (χ0v) is 12.4. The molecule has 0 unspecified atom stereocenters. The minimum Gasteiger partial charge on any atom is -0.378 e. The van der Waals surface area contributed by atoms with E-state index >= 15 is 0 Å². The quantitative estimate of drug-likeness (QED) is 0.811. The predicted octanol–water partition coefficient (Wildman–Crippen LogP) is 2.56. The Morgan fingerprint density at radius 1 is 1.10 bits per heavy atom. The number of carbonyl (C=O) groups is 1. The average Bonchev–Trinajstić information content (AvgIpc) is 2.47. The van der Waals surface area contributed by atoms with Crippen LogP contribution < -0.4 is 4.90 Å². The Balaban J connectivity index is 2.07. The van der Waals surface area contributed by atoms with Crippen molar-refractivity contribution in [2.24, 2.45) is 0 Å². The maximum absolute atomic E-state index is 13.1. The monoisotopic (exact) mass is 287 g/mol. The zero-order chi connectivity index (χ0) is 15.4. The third-order valence-electron chi connectivity index (χ3n) is 3.15. The number of benzene rings is 1. The molecule has 1 heterocycles. The van der Waals surface area contributed by atoms with Gasteiger partial charge in [0.25, 0.3) is 5.91 Å². The van der Waals surface area contributed by atoms with Gasteiger partial charge in [-0.3, -0.25) is 4.79 Å². The van der Waals surface area contributed by atoms with Gasteiger partial charge in [-0.15, -0.1) is 0 Å². The van der Waals surface area contributed by atoms with Crippen LogP contribution in [0.5, 0.6) is 0 Å². The Kier molecular flexibility index (Phi) is 4.52. The Morgan fingerprint density at radius 3 is 2.33 bits per heavy atom. The standard InChI is InChI=1S/C16H18FN3O/c1-19(2)13-9-7-12(8-10-13)11-20(3)16(21)14-5-4-6-15(17)18-14/h4-10H,11H2,1-3H3. The molecule has 1 aromatic heterocycles. The van der Waals surface area contributed by atoms with Crippen molar-refractivity contribution in [1.29, 1.82) is 0 Å². The van der Waals surface area contributed by atoms with Crippen LogP contribution in [0.3, 0.4) is 0 Å². The average molecular weight is 287 g/mol. The number of hydrogen-bond acceptors (Lipinski definition) is 3. The van der Waals surface area contributed by atoms with Crippen LogP contribution in [0.4, 0.5) is 10.1 Å². The van der Waals surface area contributed by atoms with E-state index < -0.39 is 5.95 Å². The third-order valence-corrected chi connectivity index (χ3v) is 3.15. The van der Waals surface area contributed by atoms with Crippen LogP contribution in [0.1, 0.15) is 16.1 Å². The van der Waals surface area contributed by atoms with Crippen LogP contribution >= 0.6 is 0 Å². The number of aromatic nitrogens is 1. The molecule has 0 atom stereocenters. The van der Waals surface area contributed by atoms with Crippen molar-refractivity contribution in [3.63, 3.8) is 0 Å². The number of nitrogens with zero attached hydrogens (tertiary/aromatic N) is 3. The van der Waals surface area contributed by atoms with Crippen molar-refractivity contribution in [1.82, 2.24) is 9.88 Å². The summed E-state index contributed by atoms with van der Waals surface area (Å²) in [7, 11) is 5.62. The summed E-state index contributed by atoms with van der Waals surface area (Å²) in [6.07, 6.45) is 0. The minimum absolute atomic E-state index is 0.113. The Morgan fingerprint density at radius 2 is 1.76 bits per heavy atom. The van der Waals surface area contributed by atoms with Gasteiger partial charge in [-0.1, -0.05) is 18.2 Å². The van der Waals surface area contributed by atoms with Crippen LogP contribution in [-0.2, 0) is 6.54 Å². The van der Waals surface area contributed by atoms with Crippen molar-refractivity contribution >= 4 is 11.6 Å². The second-order valence-corrected chi connectivity index (χ2v) is 5.07. The van der Waals surface area contributed by atoms with Gasteiger partial charge < -0.3 is 9.80 Å². The van der Waals surface area contributed by atoms with Crippen molar-refractivity contribution in [2.75, 3.05) is 26.0 Å². The summed E-state index contributed by atoms with van der Waals surface area (Å²) in [6.45, 7) is 0.449. The van der Waals surface area contributed by atoms with E-state index in [9.17, 15) is 9.18 Å². The summed E-state index contributed by atoms with van der Waals surface area (Å²) in [4.78, 5) is 19.3. The molecule has 5 heteroatoms. The molecular formula is C16H18FN3O. The first-order valence-electron chi connectivity index (χ1n) is 6.61. The van der Waals surface area contributed by atoms with E-state index in [-0.39, 0.29) is 11.6 Å². The van der Waals surface area contributed by atoms with E-state index in [1.165, 1.54) is 23.1 Å². The number of rotatable bonds is 4. The number of pyridine rings is 1. The molecule has 0 fully saturated rings. The fraction of sp³-hybridized carbons (Fsp3) is 0.250. The Labute approximate surface area is 123 Å². The van der Waals surface area contributed by atoms with E-state index in [1.54, 1.807) is 7.05 Å². The van der Waals surface area contributed by atoms with Crippen molar-refractivity contribution in [3.05, 3.63) is 59.7 Å². The lowest BCUT2D eigenvalue weighted by Gasteiger charge is -2.18. The Hall–Kier alpha value is -2.43. The van der Waals surface area contributed by atoms with Gasteiger partial charge in [0.1, 0.15) is 5.69 Å². The number of halogens is 1. The van der Waals surface area contributed by atoms with Gasteiger partial charge in [-0.25, -0.2) is 4.98 Å². The highest BCUT2D eigenvalue weighted by molar-refractivity contribution is 5.92. The number of anilines is 1. The smallest absolute Gasteiger partial charge is 0.272 e. The molecule has 0 aliphatic heterocycles. The van der Waals surface area contributed by atoms with Gasteiger partial charge in [0, 0.05) is 33.4 Å². The molecule has 1 aromatic carbocycles. The van der Waals surface area contributed by atoms with Crippen LogP contribution in [0.25, 0.3) is 0 Å². The summed E-state index contributed by atoms with van der Waals surface area (Å²) >= 11 is 0. The Bertz CT molecular complexity index is 626. The molecule has 110 valence electrons. The number of amides is 1. The van der Waals surface area contributed by atoms with Crippen LogP contribution in [0.15, 0.2) is 42.5 Å². The van der Waals surface area contributed by atoms with E-state index in [0.717, 1.165) is 11.3 Å². The van der Waals surface area contributed by atoms with Crippen LogP contribution in [-0.4, -0.2) is 36.9 Å². The van der Waals surface area contributed by atoms with Gasteiger partial charge in [0.15, 0.2) is 0 Å². The SMILES string of the molecule is CN(Cc1ccc(N(C)C)cc1)C(=O)c1cccc(F)n1. The minimum atomic E-state index is -0.649. The second kappa shape index (κ2) is 6.35. The molecular weight excluding hydrogens is 269 g/mol. The summed E-state index contributed by atoms with van der Waals surface area (Å²) in [5, 5.41) is 0. The third kappa shape index (κ3) is 3.78. The van der Waals surface area contributed by atoms with E-state index in [1.807, 2.05) is 43.3 Å². The molecule has 0 radical (unpaired) electrons. The van der Waals surface area contributed by atoms with E-state index in [4.69, 9.17) is 0 Å².